The van der Waals surface area contributed by atoms with Crippen LogP contribution in [0.2, 0.25) is 0 Å². The van der Waals surface area contributed by atoms with E-state index in [9.17, 15) is 31.1 Å². The third kappa shape index (κ3) is 5.88. The molecule has 0 aromatic heterocycles. The minimum Gasteiger partial charge on any atom is -0.465 e. The third-order valence-corrected chi connectivity index (χ3v) is 3.86. The minimum atomic E-state index is -4.90. The average molecular weight is 416 g/mol. The summed E-state index contributed by atoms with van der Waals surface area (Å²) in [6.45, 7) is 4.89. The summed E-state index contributed by atoms with van der Waals surface area (Å²) in [7, 11) is 1.14. The molecule has 2 rings (SSSR count). The maximum atomic E-state index is 13.2. The van der Waals surface area contributed by atoms with E-state index in [2.05, 4.69) is 9.58 Å². The number of carbonyl (C=O) groups excluding carboxylic acids is 1. The molecule has 2 aromatic rings. The number of nitrogens with zero attached hydrogens (tertiary/aromatic N) is 2. The van der Waals surface area contributed by atoms with E-state index in [4.69, 9.17) is 6.57 Å². The van der Waals surface area contributed by atoms with Gasteiger partial charge in [-0.25, -0.2) is 9.64 Å². The molecule has 10 heteroatoms. The highest BCUT2D eigenvalue weighted by atomic mass is 19.4. The van der Waals surface area contributed by atoms with Gasteiger partial charge in [0, 0.05) is 12.2 Å². The summed E-state index contributed by atoms with van der Waals surface area (Å²) in [5, 5.41) is 0. The van der Waals surface area contributed by atoms with Crippen molar-refractivity contribution < 1.29 is 35.9 Å². The molecule has 0 aliphatic carbocycles. The lowest BCUT2D eigenvalue weighted by molar-refractivity contribution is -0.136. The van der Waals surface area contributed by atoms with Crippen molar-refractivity contribution in [2.24, 2.45) is 0 Å². The van der Waals surface area contributed by atoms with Gasteiger partial charge in [-0.15, -0.1) is 0 Å². The SMILES string of the molecule is [C-]#[N+]c1ccc(N(Cc2cccc(C(=O)OC)c2)CC(F)(F)F)cc1C(F)(F)F. The Morgan fingerprint density at radius 3 is 2.34 bits per heavy atom. The smallest absolute Gasteiger partial charge is 0.407 e. The van der Waals surface area contributed by atoms with Crippen molar-refractivity contribution >= 4 is 17.3 Å². The van der Waals surface area contributed by atoms with Crippen LogP contribution in [0.4, 0.5) is 37.7 Å². The second-order valence-corrected chi connectivity index (χ2v) is 5.97. The fourth-order valence-electron chi connectivity index (χ4n) is 2.64. The van der Waals surface area contributed by atoms with E-state index in [0.717, 1.165) is 19.2 Å². The zero-order valence-electron chi connectivity index (χ0n) is 14.9. The van der Waals surface area contributed by atoms with E-state index in [1.54, 1.807) is 0 Å². The van der Waals surface area contributed by atoms with Crippen LogP contribution < -0.4 is 4.90 Å². The Hall–Kier alpha value is -3.22. The molecule has 0 bridgehead atoms. The van der Waals surface area contributed by atoms with Gasteiger partial charge in [0.05, 0.1) is 24.8 Å². The van der Waals surface area contributed by atoms with Gasteiger partial charge < -0.3 is 9.64 Å². The quantitative estimate of drug-likeness (QED) is 0.361. The topological polar surface area (TPSA) is 33.9 Å². The Morgan fingerprint density at radius 1 is 1.10 bits per heavy atom. The molecule has 0 aliphatic heterocycles. The van der Waals surface area contributed by atoms with Gasteiger partial charge in [-0.05, 0) is 29.8 Å². The third-order valence-electron chi connectivity index (χ3n) is 3.86. The maximum Gasteiger partial charge on any atom is 0.407 e. The van der Waals surface area contributed by atoms with Crippen molar-refractivity contribution in [1.29, 1.82) is 0 Å². The van der Waals surface area contributed by atoms with Crippen LogP contribution in [0.15, 0.2) is 42.5 Å². The largest absolute Gasteiger partial charge is 0.465 e. The van der Waals surface area contributed by atoms with Crippen molar-refractivity contribution in [3.8, 4) is 0 Å². The number of anilines is 1. The fourth-order valence-corrected chi connectivity index (χ4v) is 2.64. The molecule has 0 saturated carbocycles. The second-order valence-electron chi connectivity index (χ2n) is 5.97. The Morgan fingerprint density at radius 2 is 1.79 bits per heavy atom. The Kier molecular flexibility index (Phi) is 6.41. The molecule has 0 amide bonds. The number of methoxy groups -OCH3 is 1. The average Bonchev–Trinajstić information content (AvgIpc) is 2.64. The number of esters is 1. The first-order valence-electron chi connectivity index (χ1n) is 8.02. The number of hydrogen-bond acceptors (Lipinski definition) is 3. The molecule has 0 N–H and O–H groups in total. The van der Waals surface area contributed by atoms with Crippen molar-refractivity contribution in [2.45, 2.75) is 18.9 Å². The van der Waals surface area contributed by atoms with Crippen LogP contribution >= 0.6 is 0 Å². The van der Waals surface area contributed by atoms with E-state index in [0.29, 0.717) is 11.0 Å². The molecular formula is C19H14F6N2O2. The summed E-state index contributed by atoms with van der Waals surface area (Å²) in [4.78, 5) is 15.1. The van der Waals surface area contributed by atoms with E-state index in [1.807, 2.05) is 0 Å². The van der Waals surface area contributed by atoms with Crippen molar-refractivity contribution in [2.75, 3.05) is 18.6 Å². The summed E-state index contributed by atoms with van der Waals surface area (Å²) in [6, 6.07) is 7.94. The first-order chi connectivity index (χ1) is 13.4. The molecule has 0 heterocycles. The maximum absolute atomic E-state index is 13.2. The molecule has 0 fully saturated rings. The number of alkyl halides is 6. The zero-order chi connectivity index (χ0) is 21.8. The first kappa shape index (κ1) is 22.1. The van der Waals surface area contributed by atoms with Crippen molar-refractivity contribution in [3.05, 3.63) is 70.6 Å². The van der Waals surface area contributed by atoms with Crippen molar-refractivity contribution in [3.63, 3.8) is 0 Å². The highest BCUT2D eigenvalue weighted by Crippen LogP contribution is 2.39. The molecule has 2 aromatic carbocycles. The molecule has 154 valence electrons. The van der Waals surface area contributed by atoms with Crippen LogP contribution in [0, 0.1) is 6.57 Å². The molecule has 29 heavy (non-hydrogen) atoms. The van der Waals surface area contributed by atoms with Gasteiger partial charge in [-0.3, -0.25) is 0 Å². The highest BCUT2D eigenvalue weighted by Gasteiger charge is 2.35. The molecule has 0 radical (unpaired) electrons. The Labute approximate surface area is 162 Å². The van der Waals surface area contributed by atoms with E-state index >= 15 is 0 Å². The predicted molar refractivity (Wildman–Crippen MR) is 92.6 cm³/mol. The van der Waals surface area contributed by atoms with E-state index < -0.39 is 42.7 Å². The Balaban J connectivity index is 2.47. The number of carbonyl (C=O) groups is 1. The van der Waals surface area contributed by atoms with Gasteiger partial charge in [0.25, 0.3) is 0 Å². The van der Waals surface area contributed by atoms with E-state index in [1.165, 1.54) is 24.3 Å². The van der Waals surface area contributed by atoms with Gasteiger partial charge in [-0.2, -0.15) is 26.3 Å². The highest BCUT2D eigenvalue weighted by molar-refractivity contribution is 5.89. The number of hydrogen-bond donors (Lipinski definition) is 0. The molecule has 0 atom stereocenters. The predicted octanol–water partition coefficient (Wildman–Crippen LogP) is 5.61. The van der Waals surface area contributed by atoms with Crippen LogP contribution in [0.25, 0.3) is 4.85 Å². The van der Waals surface area contributed by atoms with Gasteiger partial charge >= 0.3 is 18.3 Å². The normalized spacial score (nSPS) is 11.7. The van der Waals surface area contributed by atoms with Crippen LogP contribution in [-0.2, 0) is 17.5 Å². The summed E-state index contributed by atoms with van der Waals surface area (Å²) >= 11 is 0. The molecular weight excluding hydrogens is 402 g/mol. The molecule has 0 unspecified atom stereocenters. The van der Waals surface area contributed by atoms with Gasteiger partial charge in [-0.1, -0.05) is 18.2 Å². The van der Waals surface area contributed by atoms with E-state index in [-0.39, 0.29) is 16.8 Å². The second kappa shape index (κ2) is 8.43. The number of benzene rings is 2. The number of halogens is 6. The standard InChI is InChI=1S/C19H14F6N2O2/c1-26-16-7-6-14(9-15(16)19(23,24)25)27(11-18(20,21)22)10-12-4-3-5-13(8-12)17(28)29-2/h3-9H,10-11H2,2H3. The van der Waals surface area contributed by atoms with Crippen LogP contribution in [-0.4, -0.2) is 25.8 Å². The summed E-state index contributed by atoms with van der Waals surface area (Å²) in [5.41, 5.74) is -2.02. The van der Waals surface area contributed by atoms with Gasteiger partial charge in [0.1, 0.15) is 6.54 Å². The minimum absolute atomic E-state index is 0.0938. The van der Waals surface area contributed by atoms with Gasteiger partial charge in [0.2, 0.25) is 0 Å². The van der Waals surface area contributed by atoms with Crippen LogP contribution in [0.5, 0.6) is 0 Å². The fraction of sp³-hybridized carbons (Fsp3) is 0.263. The zero-order valence-corrected chi connectivity index (χ0v) is 14.9. The lowest BCUT2D eigenvalue weighted by Gasteiger charge is -2.27. The Bertz CT molecular complexity index is 932. The molecule has 0 spiro atoms. The summed E-state index contributed by atoms with van der Waals surface area (Å²) in [5.74, 6) is -0.699. The lowest BCUT2D eigenvalue weighted by atomic mass is 10.1. The molecule has 0 aliphatic rings. The van der Waals surface area contributed by atoms with Crippen molar-refractivity contribution in [1.82, 2.24) is 0 Å². The van der Waals surface area contributed by atoms with Crippen LogP contribution in [0.1, 0.15) is 21.5 Å². The molecule has 4 nitrogen and oxygen atoms in total. The number of ether oxygens (including phenoxy) is 1. The molecule has 0 saturated heterocycles. The van der Waals surface area contributed by atoms with Gasteiger partial charge in [0.15, 0.2) is 5.69 Å². The van der Waals surface area contributed by atoms with Crippen LogP contribution in [0.3, 0.4) is 0 Å². The first-order valence-corrected chi connectivity index (χ1v) is 8.02. The summed E-state index contributed by atoms with van der Waals surface area (Å²) in [6.07, 6.45) is -9.60. The monoisotopic (exact) mass is 416 g/mol. The lowest BCUT2D eigenvalue weighted by Crippen LogP contribution is -2.34. The summed E-state index contributed by atoms with van der Waals surface area (Å²) < 4.78 is 83.3. The number of rotatable bonds is 5.